The van der Waals surface area contributed by atoms with E-state index in [2.05, 4.69) is 20.9 Å². The SMILES string of the molecule is O=S(=O)(Cl)c1c(Cl)cnc(Br)c1C(F)F. The van der Waals surface area contributed by atoms with Crippen LogP contribution in [0, 0.1) is 0 Å². The van der Waals surface area contributed by atoms with Crippen molar-refractivity contribution in [1.82, 2.24) is 4.98 Å². The van der Waals surface area contributed by atoms with E-state index >= 15 is 0 Å². The van der Waals surface area contributed by atoms with E-state index in [0.29, 0.717) is 0 Å². The summed E-state index contributed by atoms with van der Waals surface area (Å²) in [6.45, 7) is 0. The molecule has 1 heterocycles. The van der Waals surface area contributed by atoms with E-state index in [4.69, 9.17) is 22.3 Å². The van der Waals surface area contributed by atoms with Gasteiger partial charge in [-0.3, -0.25) is 0 Å². The maximum atomic E-state index is 12.5. The van der Waals surface area contributed by atoms with Crippen molar-refractivity contribution in [2.75, 3.05) is 0 Å². The van der Waals surface area contributed by atoms with Gasteiger partial charge < -0.3 is 0 Å². The first kappa shape index (κ1) is 13.1. The number of halogens is 5. The summed E-state index contributed by atoms with van der Waals surface area (Å²) in [5.41, 5.74) is -0.836. The molecule has 1 rings (SSSR count). The molecule has 1 aromatic heterocycles. The van der Waals surface area contributed by atoms with Gasteiger partial charge in [-0.25, -0.2) is 22.2 Å². The van der Waals surface area contributed by atoms with Gasteiger partial charge in [0.1, 0.15) is 9.50 Å². The lowest BCUT2D eigenvalue weighted by Crippen LogP contribution is -2.02. The van der Waals surface area contributed by atoms with Gasteiger partial charge in [-0.15, -0.1) is 0 Å². The van der Waals surface area contributed by atoms with E-state index in [0.717, 1.165) is 6.20 Å². The number of hydrogen-bond acceptors (Lipinski definition) is 3. The number of aromatic nitrogens is 1. The van der Waals surface area contributed by atoms with Crippen LogP contribution < -0.4 is 0 Å². The Labute approximate surface area is 102 Å². The number of hydrogen-bond donors (Lipinski definition) is 0. The molecule has 0 aromatic carbocycles. The van der Waals surface area contributed by atoms with Crippen LogP contribution in [0.2, 0.25) is 5.02 Å². The Morgan fingerprint density at radius 3 is 2.33 bits per heavy atom. The summed E-state index contributed by atoms with van der Waals surface area (Å²) >= 11 is 8.15. The van der Waals surface area contributed by atoms with Crippen molar-refractivity contribution >= 4 is 47.3 Å². The van der Waals surface area contributed by atoms with E-state index in [1.807, 2.05) is 0 Å². The molecule has 0 aliphatic carbocycles. The Morgan fingerprint density at radius 1 is 1.47 bits per heavy atom. The van der Waals surface area contributed by atoms with Gasteiger partial charge in [0.05, 0.1) is 10.6 Å². The number of rotatable bonds is 2. The first-order valence-corrected chi connectivity index (χ1v) is 6.80. The maximum absolute atomic E-state index is 12.5. The molecule has 84 valence electrons. The molecule has 3 nitrogen and oxygen atoms in total. The van der Waals surface area contributed by atoms with Crippen LogP contribution in [0.15, 0.2) is 15.7 Å². The molecule has 1 aromatic rings. The van der Waals surface area contributed by atoms with Crippen LogP contribution in [0.3, 0.4) is 0 Å². The largest absolute Gasteiger partial charge is 0.267 e. The molecule has 0 fully saturated rings. The molecule has 0 amide bonds. The highest BCUT2D eigenvalue weighted by Crippen LogP contribution is 2.37. The zero-order valence-corrected chi connectivity index (χ0v) is 10.6. The van der Waals surface area contributed by atoms with Crippen molar-refractivity contribution < 1.29 is 17.2 Å². The molecule has 0 unspecified atom stereocenters. The smallest absolute Gasteiger partial charge is 0.247 e. The fourth-order valence-corrected chi connectivity index (χ4v) is 3.31. The Balaban J connectivity index is 3.68. The van der Waals surface area contributed by atoms with Crippen LogP contribution in [-0.4, -0.2) is 13.4 Å². The summed E-state index contributed by atoms with van der Waals surface area (Å²) < 4.78 is 46.8. The first-order chi connectivity index (χ1) is 6.75. The molecule has 0 spiro atoms. The summed E-state index contributed by atoms with van der Waals surface area (Å²) in [7, 11) is 0.649. The minimum Gasteiger partial charge on any atom is -0.247 e. The molecule has 15 heavy (non-hydrogen) atoms. The highest BCUT2D eigenvalue weighted by molar-refractivity contribution is 9.10. The number of pyridine rings is 1. The van der Waals surface area contributed by atoms with E-state index in [9.17, 15) is 17.2 Å². The van der Waals surface area contributed by atoms with E-state index in [1.54, 1.807) is 0 Å². The zero-order chi connectivity index (χ0) is 11.8. The highest BCUT2D eigenvalue weighted by atomic mass is 79.9. The molecule has 0 N–H and O–H groups in total. The molecule has 0 saturated heterocycles. The van der Waals surface area contributed by atoms with Gasteiger partial charge in [0.15, 0.2) is 0 Å². The lowest BCUT2D eigenvalue weighted by Gasteiger charge is -2.08. The summed E-state index contributed by atoms with van der Waals surface area (Å²) in [5.74, 6) is 0. The maximum Gasteiger partial charge on any atom is 0.267 e. The first-order valence-electron chi connectivity index (χ1n) is 3.32. The summed E-state index contributed by atoms with van der Waals surface area (Å²) in [6, 6.07) is 0. The average molecular weight is 341 g/mol. The van der Waals surface area contributed by atoms with Crippen molar-refractivity contribution in [3.8, 4) is 0 Å². The lowest BCUT2D eigenvalue weighted by molar-refractivity contribution is 0.146. The second-order valence-electron chi connectivity index (χ2n) is 2.38. The second kappa shape index (κ2) is 4.48. The van der Waals surface area contributed by atoms with Crippen molar-refractivity contribution in [2.45, 2.75) is 11.3 Å². The van der Waals surface area contributed by atoms with Crippen LogP contribution in [0.4, 0.5) is 8.78 Å². The third-order valence-electron chi connectivity index (χ3n) is 1.44. The predicted molar refractivity (Wildman–Crippen MR) is 54.9 cm³/mol. The zero-order valence-electron chi connectivity index (χ0n) is 6.72. The average Bonchev–Trinajstić information content (AvgIpc) is 2.05. The third kappa shape index (κ3) is 2.77. The fourth-order valence-electron chi connectivity index (χ4n) is 0.901. The van der Waals surface area contributed by atoms with Gasteiger partial charge >= 0.3 is 0 Å². The lowest BCUT2D eigenvalue weighted by atomic mass is 10.3. The molecule has 0 radical (unpaired) electrons. The van der Waals surface area contributed by atoms with Crippen LogP contribution >= 0.6 is 38.2 Å². The second-order valence-corrected chi connectivity index (χ2v) is 6.04. The van der Waals surface area contributed by atoms with Crippen molar-refractivity contribution in [3.63, 3.8) is 0 Å². The van der Waals surface area contributed by atoms with Crippen molar-refractivity contribution in [2.24, 2.45) is 0 Å². The van der Waals surface area contributed by atoms with Crippen LogP contribution in [0.1, 0.15) is 12.0 Å². The third-order valence-corrected chi connectivity index (χ3v) is 3.86. The van der Waals surface area contributed by atoms with Crippen LogP contribution in [0.5, 0.6) is 0 Å². The van der Waals surface area contributed by atoms with E-state index in [-0.39, 0.29) is 4.60 Å². The van der Waals surface area contributed by atoms with Crippen molar-refractivity contribution in [3.05, 3.63) is 21.4 Å². The minimum atomic E-state index is -4.34. The Morgan fingerprint density at radius 2 is 2.00 bits per heavy atom. The van der Waals surface area contributed by atoms with Gasteiger partial charge in [-0.2, -0.15) is 0 Å². The molecular weight excluding hydrogens is 339 g/mol. The van der Waals surface area contributed by atoms with Gasteiger partial charge in [0, 0.05) is 16.9 Å². The van der Waals surface area contributed by atoms with Crippen LogP contribution in [0.25, 0.3) is 0 Å². The molecule has 0 aliphatic heterocycles. The summed E-state index contributed by atoms with van der Waals surface area (Å²) in [6.07, 6.45) is -2.12. The van der Waals surface area contributed by atoms with Gasteiger partial charge in [-0.1, -0.05) is 11.6 Å². The van der Waals surface area contributed by atoms with Gasteiger partial charge in [0.2, 0.25) is 0 Å². The van der Waals surface area contributed by atoms with Gasteiger partial charge in [-0.05, 0) is 15.9 Å². The fraction of sp³-hybridized carbons (Fsp3) is 0.167. The monoisotopic (exact) mass is 339 g/mol. The molecule has 0 aliphatic rings. The summed E-state index contributed by atoms with van der Waals surface area (Å²) in [5, 5.41) is -0.441. The quantitative estimate of drug-likeness (QED) is 0.612. The Kier molecular flexibility index (Phi) is 3.91. The standard InChI is InChI=1S/C6H2BrCl2F2NO2S/c7-5-3(6(10)11)4(15(9,13)14)2(8)1-12-5/h1,6H. The predicted octanol–water partition coefficient (Wildman–Crippen LogP) is 3.36. The van der Waals surface area contributed by atoms with E-state index in [1.165, 1.54) is 0 Å². The summed E-state index contributed by atoms with van der Waals surface area (Å²) in [4.78, 5) is 2.64. The van der Waals surface area contributed by atoms with Crippen LogP contribution in [-0.2, 0) is 9.05 Å². The Bertz CT molecular complexity index is 494. The Hall–Kier alpha value is 0.0200. The number of nitrogens with zero attached hydrogens (tertiary/aromatic N) is 1. The number of alkyl halides is 2. The normalized spacial score (nSPS) is 12.1. The molecule has 0 bridgehead atoms. The van der Waals surface area contributed by atoms with Gasteiger partial charge in [0.25, 0.3) is 15.5 Å². The molecular formula is C6H2BrCl2F2NO2S. The molecule has 0 atom stereocenters. The molecule has 0 saturated carbocycles. The topological polar surface area (TPSA) is 47.0 Å². The van der Waals surface area contributed by atoms with Crippen molar-refractivity contribution in [1.29, 1.82) is 0 Å². The minimum absolute atomic E-state index is 0.305. The molecule has 9 heteroatoms. The highest BCUT2D eigenvalue weighted by Gasteiger charge is 2.28. The van der Waals surface area contributed by atoms with E-state index < -0.39 is 31.0 Å².